The molecule has 0 atom stereocenters. The summed E-state index contributed by atoms with van der Waals surface area (Å²) in [5.74, 6) is 3.77. The van der Waals surface area contributed by atoms with E-state index >= 15 is 0 Å². The highest BCUT2D eigenvalue weighted by Crippen LogP contribution is 2.33. The summed E-state index contributed by atoms with van der Waals surface area (Å²) in [6, 6.07) is 11.9. The van der Waals surface area contributed by atoms with Gasteiger partial charge in [-0.05, 0) is 133 Å². The molecule has 14 heteroatoms. The minimum atomic E-state index is 0.432. The van der Waals surface area contributed by atoms with Crippen molar-refractivity contribution in [1.29, 1.82) is 0 Å². The van der Waals surface area contributed by atoms with Crippen LogP contribution in [0.25, 0.3) is 35.2 Å². The summed E-state index contributed by atoms with van der Waals surface area (Å²) in [5.41, 5.74) is 9.60. The third-order valence-electron chi connectivity index (χ3n) is 11.1. The largest absolute Gasteiger partial charge is 0.489 e. The molecular formula is C53H58N8O6. The van der Waals surface area contributed by atoms with Crippen molar-refractivity contribution in [2.45, 2.75) is 41.5 Å². The Morgan fingerprint density at radius 3 is 1.27 bits per heavy atom. The van der Waals surface area contributed by atoms with E-state index in [1.54, 1.807) is 0 Å². The van der Waals surface area contributed by atoms with Gasteiger partial charge in [-0.25, -0.2) is 20.0 Å². The lowest BCUT2D eigenvalue weighted by Gasteiger charge is -2.18. The topological polar surface area (TPSA) is 145 Å². The number of hydrogen-bond donors (Lipinski definition) is 2. The van der Waals surface area contributed by atoms with Gasteiger partial charge in [-0.3, -0.25) is 0 Å². The Kier molecular flexibility index (Phi) is 14.1. The molecule has 3 aromatic rings. The molecule has 0 spiro atoms. The van der Waals surface area contributed by atoms with Crippen molar-refractivity contribution in [2.24, 2.45) is 27.0 Å². The lowest BCUT2D eigenvalue weighted by Crippen LogP contribution is -2.27. The normalized spacial score (nSPS) is 20.3. The van der Waals surface area contributed by atoms with Crippen LogP contribution in [0, 0.1) is 0 Å². The van der Waals surface area contributed by atoms with Gasteiger partial charge in [-0.2, -0.15) is 0 Å². The number of aromatic amines is 2. The van der Waals surface area contributed by atoms with Crippen molar-refractivity contribution in [3.05, 3.63) is 165 Å². The number of hydrogen-bond acceptors (Lipinski definition) is 11. The third-order valence-corrected chi connectivity index (χ3v) is 11.1. The lowest BCUT2D eigenvalue weighted by molar-refractivity contribution is 0.238. The molecule has 14 nitrogen and oxygen atoms in total. The van der Waals surface area contributed by atoms with Gasteiger partial charge < -0.3 is 47.9 Å². The van der Waals surface area contributed by atoms with Gasteiger partial charge >= 0.3 is 0 Å². The fourth-order valence-corrected chi connectivity index (χ4v) is 7.97. The predicted octanol–water partition coefficient (Wildman–Crippen LogP) is 8.30. The summed E-state index contributed by atoms with van der Waals surface area (Å²) in [6.07, 6.45) is 19.7. The van der Waals surface area contributed by atoms with E-state index in [2.05, 4.69) is 33.6 Å². The van der Waals surface area contributed by atoms with Gasteiger partial charge in [-0.1, -0.05) is 12.7 Å². The Morgan fingerprint density at radius 1 is 0.478 bits per heavy atom. The zero-order valence-corrected chi connectivity index (χ0v) is 39.5. The molecule has 67 heavy (non-hydrogen) atoms. The molecule has 0 saturated heterocycles. The molecule has 0 aromatic carbocycles. The Morgan fingerprint density at radius 2 is 0.866 bits per heavy atom. The maximum absolute atomic E-state index is 6.26. The summed E-state index contributed by atoms with van der Waals surface area (Å²) in [4.78, 5) is 29.2. The second-order valence-corrected chi connectivity index (χ2v) is 15.4. The molecule has 5 aliphatic rings. The first-order chi connectivity index (χ1) is 32.7. The van der Waals surface area contributed by atoms with Crippen LogP contribution in [0.15, 0.2) is 163 Å². The fourth-order valence-electron chi connectivity index (χ4n) is 7.97. The highest BCUT2D eigenvalue weighted by atomic mass is 16.5. The number of nitrogens with zero attached hydrogens (tertiary/aromatic N) is 6. The van der Waals surface area contributed by atoms with E-state index < -0.39 is 0 Å². The minimum Gasteiger partial charge on any atom is -0.489 e. The Bertz CT molecular complexity index is 3000. The molecule has 0 unspecified atom stereocenters. The number of H-pyrrole nitrogens is 2. The summed E-state index contributed by atoms with van der Waals surface area (Å²) in [6.45, 7) is 19.4. The standard InChI is InChI=1S/C53H58N8O6/c1-10-62-48(38-23-25-40(56-38)50(64-12-3)42-27-29-44(58-42)52(66-14-5)46-17-16-32-60(46)8)36-21-19-34(54-36)35-20-22-37(55-35)49(63-11-2)39-24-26-41(57-39)51(65-13-4)43-28-30-45(59-43)53(67-15-6)47-31-18-33(7)61(47)9/h16-31,54-55H,7,10-15,32H2,1-6,8-9H3/b48-38+,49-39+,50-42+,51-43+,52-46+,53-47+. The zero-order valence-electron chi connectivity index (χ0n) is 39.5. The van der Waals surface area contributed by atoms with Gasteiger partial charge in [0.15, 0.2) is 34.6 Å². The number of aromatic nitrogens is 3. The summed E-state index contributed by atoms with van der Waals surface area (Å²) >= 11 is 0. The van der Waals surface area contributed by atoms with E-state index in [9.17, 15) is 0 Å². The molecule has 0 bridgehead atoms. The Hall–Kier alpha value is -7.74. The van der Waals surface area contributed by atoms with Crippen molar-refractivity contribution in [3.8, 4) is 11.4 Å². The van der Waals surface area contributed by atoms with Crippen molar-refractivity contribution in [3.63, 3.8) is 0 Å². The average molecular weight is 903 g/mol. The average Bonchev–Trinajstić information content (AvgIpc) is 4.18. The summed E-state index contributed by atoms with van der Waals surface area (Å²) < 4.78 is 39.1. The van der Waals surface area contributed by atoms with Crippen LogP contribution in [-0.2, 0) is 35.5 Å². The Labute approximate surface area is 391 Å². The van der Waals surface area contributed by atoms with Crippen LogP contribution in [0.2, 0.25) is 0 Å². The van der Waals surface area contributed by atoms with Crippen LogP contribution in [0.3, 0.4) is 0 Å². The van der Waals surface area contributed by atoms with Gasteiger partial charge in [0.05, 0.1) is 73.5 Å². The Balaban J connectivity index is 1.07. The van der Waals surface area contributed by atoms with Gasteiger partial charge in [0, 0.05) is 26.0 Å². The molecule has 0 fully saturated rings. The molecule has 3 aromatic heterocycles. The number of nitrogens with one attached hydrogen (secondary N) is 2. The quantitative estimate of drug-likeness (QED) is 0.115. The molecule has 2 N–H and O–H groups in total. The highest BCUT2D eigenvalue weighted by Gasteiger charge is 2.26. The van der Waals surface area contributed by atoms with Crippen LogP contribution in [0.4, 0.5) is 0 Å². The predicted molar refractivity (Wildman–Crippen MR) is 267 cm³/mol. The molecule has 5 aliphatic heterocycles. The SMILES string of the molecule is C=c1cc/c(=C(\OCC)C2=N/C(=C(/OCC)C3=N/C(=C(/OCC)c4ccc(-c5ccc(/C(OCC)=C6/C=CC(C(/OCC)=C7/C=CC(C(/OCC)=C8/C=CCN8C)=N7)=N6)[nH]5)[nH]4)C=C3)C=C2)n1C. The number of likely N-dealkylation sites (N-methyl/N-ethyl adjacent to an activating group) is 1. The van der Waals surface area contributed by atoms with Crippen molar-refractivity contribution in [2.75, 3.05) is 53.2 Å². The minimum absolute atomic E-state index is 0.432. The van der Waals surface area contributed by atoms with Crippen molar-refractivity contribution >= 4 is 46.7 Å². The summed E-state index contributed by atoms with van der Waals surface area (Å²) in [7, 11) is 4.00. The summed E-state index contributed by atoms with van der Waals surface area (Å²) in [5, 5.41) is 1.77. The van der Waals surface area contributed by atoms with Gasteiger partial charge in [-0.15, -0.1) is 0 Å². The molecular weight excluding hydrogens is 845 g/mol. The number of ether oxygens (including phenoxy) is 6. The number of aliphatic imine (C=N–C) groups is 4. The first-order valence-corrected chi connectivity index (χ1v) is 22.9. The molecule has 8 heterocycles. The van der Waals surface area contributed by atoms with E-state index in [0.717, 1.165) is 57.2 Å². The van der Waals surface area contributed by atoms with E-state index in [4.69, 9.17) is 48.4 Å². The van der Waals surface area contributed by atoms with Crippen molar-refractivity contribution in [1.82, 2.24) is 19.4 Å². The molecule has 8 rings (SSSR count). The van der Waals surface area contributed by atoms with Crippen molar-refractivity contribution < 1.29 is 28.4 Å². The van der Waals surface area contributed by atoms with E-state index in [1.165, 1.54) is 0 Å². The van der Waals surface area contributed by atoms with Gasteiger partial charge in [0.2, 0.25) is 0 Å². The lowest BCUT2D eigenvalue weighted by atomic mass is 10.2. The first kappa shape index (κ1) is 45.8. The van der Waals surface area contributed by atoms with Gasteiger partial charge in [0.1, 0.15) is 45.6 Å². The van der Waals surface area contributed by atoms with Crippen LogP contribution in [0.5, 0.6) is 0 Å². The smallest absolute Gasteiger partial charge is 0.170 e. The van der Waals surface area contributed by atoms with E-state index in [0.29, 0.717) is 108 Å². The fraction of sp³-hybridized carbons (Fsp3) is 0.283. The first-order valence-electron chi connectivity index (χ1n) is 22.9. The van der Waals surface area contributed by atoms with Crippen LogP contribution < -0.4 is 10.7 Å². The highest BCUT2D eigenvalue weighted by molar-refractivity contribution is 6.24. The van der Waals surface area contributed by atoms with Crippen LogP contribution in [0.1, 0.15) is 52.9 Å². The van der Waals surface area contributed by atoms with Gasteiger partial charge in [0.25, 0.3) is 0 Å². The van der Waals surface area contributed by atoms with E-state index in [-0.39, 0.29) is 0 Å². The second kappa shape index (κ2) is 20.6. The maximum Gasteiger partial charge on any atom is 0.170 e. The molecule has 0 aliphatic carbocycles. The van der Waals surface area contributed by atoms with E-state index in [1.807, 2.05) is 145 Å². The second-order valence-electron chi connectivity index (χ2n) is 15.4. The van der Waals surface area contributed by atoms with Crippen LogP contribution in [-0.4, -0.2) is 95.5 Å². The monoisotopic (exact) mass is 902 g/mol. The third kappa shape index (κ3) is 9.51. The molecule has 0 saturated carbocycles. The molecule has 0 amide bonds. The molecule has 0 radical (unpaired) electrons. The number of rotatable bonds is 19. The number of allylic oxidation sites excluding steroid dienone is 8. The molecule has 346 valence electrons. The zero-order chi connectivity index (χ0) is 47.0. The maximum atomic E-state index is 6.26. The van der Waals surface area contributed by atoms with Crippen LogP contribution >= 0.6 is 0 Å².